The highest BCUT2D eigenvalue weighted by atomic mass is 35.5. The molecule has 1 aliphatic heterocycles. The number of likely N-dealkylation sites (N-methyl/N-ethyl adjacent to an activating group) is 1. The van der Waals surface area contributed by atoms with Gasteiger partial charge in [-0.05, 0) is 13.1 Å². The number of aryl methyl sites for hydroxylation is 1. The third kappa shape index (κ3) is 3.55. The lowest BCUT2D eigenvalue weighted by Gasteiger charge is -2.20. The highest BCUT2D eigenvalue weighted by Crippen LogP contribution is 2.16. The number of pyridine rings is 1. The third-order valence-electron chi connectivity index (χ3n) is 3.27. The van der Waals surface area contributed by atoms with Crippen LogP contribution >= 0.6 is 23.2 Å². The number of nitrogens with one attached hydrogen (secondary N) is 2. The molecule has 116 valence electrons. The summed E-state index contributed by atoms with van der Waals surface area (Å²) in [5, 5.41) is 5.52. The molecule has 1 aromatic rings. The summed E-state index contributed by atoms with van der Waals surface area (Å²) < 4.78 is 13.5. The maximum Gasteiger partial charge on any atom is 0.269 e. The molecule has 0 saturated carbocycles. The molecule has 0 aromatic carbocycles. The van der Waals surface area contributed by atoms with Crippen LogP contribution in [0, 0.1) is 0 Å². The molecular formula is C12H15Cl2FN4O2. The zero-order valence-electron chi connectivity index (χ0n) is 11.3. The van der Waals surface area contributed by atoms with Crippen LogP contribution in [0.5, 0.6) is 0 Å². The van der Waals surface area contributed by atoms with Gasteiger partial charge in [-0.3, -0.25) is 19.8 Å². The second-order valence-electron chi connectivity index (χ2n) is 4.68. The van der Waals surface area contributed by atoms with Crippen molar-refractivity contribution in [1.29, 1.82) is 0 Å². The number of anilines is 1. The minimum absolute atomic E-state index is 0.0747. The first-order chi connectivity index (χ1) is 9.93. The first-order valence-corrected chi connectivity index (χ1v) is 7.11. The first kappa shape index (κ1) is 16.2. The zero-order chi connectivity index (χ0) is 15.6. The Morgan fingerprint density at radius 3 is 2.90 bits per heavy atom. The van der Waals surface area contributed by atoms with Crippen molar-refractivity contribution in [2.75, 3.05) is 25.6 Å². The van der Waals surface area contributed by atoms with Crippen LogP contribution in [0.3, 0.4) is 0 Å². The quantitative estimate of drug-likeness (QED) is 0.631. The van der Waals surface area contributed by atoms with E-state index in [9.17, 15) is 14.0 Å². The smallest absolute Gasteiger partial charge is 0.269 e. The summed E-state index contributed by atoms with van der Waals surface area (Å²) in [6, 6.07) is 0.907. The van der Waals surface area contributed by atoms with Crippen molar-refractivity contribution < 1.29 is 9.18 Å². The molecule has 6 nitrogen and oxygen atoms in total. The van der Waals surface area contributed by atoms with Crippen LogP contribution in [0.1, 0.15) is 0 Å². The number of carbonyl (C=O) groups excluding carboxylic acids is 1. The van der Waals surface area contributed by atoms with Crippen molar-refractivity contribution in [3.8, 4) is 0 Å². The van der Waals surface area contributed by atoms with Gasteiger partial charge >= 0.3 is 0 Å². The standard InChI is InChI=1S/C12H15Cl2FN4O2/c1-18-9(5-16-12(18)14)10(20)17-7-4-8(13)11(21)19(6-7)3-2-15/h4,6,9,12,16H,2-3,5H2,1H3,(H,17,20). The number of aromatic nitrogens is 1. The zero-order valence-corrected chi connectivity index (χ0v) is 12.8. The monoisotopic (exact) mass is 336 g/mol. The fraction of sp³-hybridized carbons (Fsp3) is 0.500. The SMILES string of the molecule is CN1C(Cl)NCC1C(=O)Nc1cc(Cl)c(=O)n(CCF)c1. The van der Waals surface area contributed by atoms with E-state index in [0.29, 0.717) is 12.2 Å². The van der Waals surface area contributed by atoms with Crippen molar-refractivity contribution in [1.82, 2.24) is 14.8 Å². The van der Waals surface area contributed by atoms with Crippen LogP contribution in [0.2, 0.25) is 5.02 Å². The van der Waals surface area contributed by atoms with Crippen molar-refractivity contribution in [3.63, 3.8) is 0 Å². The Bertz CT molecular complexity index is 595. The highest BCUT2D eigenvalue weighted by Gasteiger charge is 2.33. The molecule has 1 aliphatic rings. The van der Waals surface area contributed by atoms with Gasteiger partial charge in [0.1, 0.15) is 23.4 Å². The van der Waals surface area contributed by atoms with Gasteiger partial charge < -0.3 is 9.88 Å². The van der Waals surface area contributed by atoms with E-state index < -0.39 is 23.9 Å². The maximum absolute atomic E-state index is 12.4. The fourth-order valence-electron chi connectivity index (χ4n) is 2.08. The molecular weight excluding hydrogens is 322 g/mol. The third-order valence-corrected chi connectivity index (χ3v) is 4.00. The van der Waals surface area contributed by atoms with E-state index in [1.54, 1.807) is 11.9 Å². The first-order valence-electron chi connectivity index (χ1n) is 6.30. The average molecular weight is 337 g/mol. The minimum Gasteiger partial charge on any atom is -0.323 e. The maximum atomic E-state index is 12.4. The van der Waals surface area contributed by atoms with Crippen molar-refractivity contribution >= 4 is 34.8 Å². The summed E-state index contributed by atoms with van der Waals surface area (Å²) in [6.45, 7) is -0.401. The van der Waals surface area contributed by atoms with E-state index in [-0.39, 0.29) is 17.5 Å². The Labute approximate surface area is 130 Å². The summed E-state index contributed by atoms with van der Waals surface area (Å²) >= 11 is 11.7. The normalized spacial score (nSPS) is 22.5. The fourth-order valence-corrected chi connectivity index (χ4v) is 2.53. The van der Waals surface area contributed by atoms with E-state index >= 15 is 0 Å². The summed E-state index contributed by atoms with van der Waals surface area (Å²) in [6.07, 6.45) is 1.37. The largest absolute Gasteiger partial charge is 0.323 e. The number of halogens is 3. The second kappa shape index (κ2) is 6.74. The second-order valence-corrected chi connectivity index (χ2v) is 5.50. The Kier molecular flexibility index (Phi) is 5.21. The number of nitrogens with zero attached hydrogens (tertiary/aromatic N) is 2. The molecule has 0 aliphatic carbocycles. The Hall–Kier alpha value is -1.15. The Morgan fingerprint density at radius 1 is 1.62 bits per heavy atom. The van der Waals surface area contributed by atoms with Gasteiger partial charge in [0, 0.05) is 12.7 Å². The van der Waals surface area contributed by atoms with Crippen molar-refractivity contribution in [2.24, 2.45) is 0 Å². The van der Waals surface area contributed by atoms with Crippen LogP contribution in [-0.2, 0) is 11.3 Å². The molecule has 21 heavy (non-hydrogen) atoms. The number of carbonyl (C=O) groups is 1. The molecule has 2 rings (SSSR count). The molecule has 2 atom stereocenters. The van der Waals surface area contributed by atoms with Gasteiger partial charge in [0.15, 0.2) is 0 Å². The van der Waals surface area contributed by atoms with Crippen LogP contribution in [0.25, 0.3) is 0 Å². The summed E-state index contributed by atoms with van der Waals surface area (Å²) in [5.74, 6) is -0.283. The van der Waals surface area contributed by atoms with Crippen LogP contribution in [0.15, 0.2) is 17.1 Å². The van der Waals surface area contributed by atoms with E-state index in [4.69, 9.17) is 23.2 Å². The van der Waals surface area contributed by atoms with Gasteiger partial charge in [-0.25, -0.2) is 4.39 Å². The van der Waals surface area contributed by atoms with Crippen LogP contribution in [-0.4, -0.2) is 47.3 Å². The molecule has 2 N–H and O–H groups in total. The molecule has 2 heterocycles. The Morgan fingerprint density at radius 2 is 2.33 bits per heavy atom. The average Bonchev–Trinajstić information content (AvgIpc) is 2.76. The molecule has 0 spiro atoms. The van der Waals surface area contributed by atoms with Gasteiger partial charge in [0.25, 0.3) is 5.56 Å². The van der Waals surface area contributed by atoms with E-state index in [1.165, 1.54) is 12.3 Å². The number of rotatable bonds is 4. The summed E-state index contributed by atoms with van der Waals surface area (Å²) in [7, 11) is 1.72. The molecule has 1 aromatic heterocycles. The summed E-state index contributed by atoms with van der Waals surface area (Å²) in [5.41, 5.74) is -0.568. The van der Waals surface area contributed by atoms with E-state index in [2.05, 4.69) is 10.6 Å². The number of alkyl halides is 2. The summed E-state index contributed by atoms with van der Waals surface area (Å²) in [4.78, 5) is 25.5. The van der Waals surface area contributed by atoms with Crippen molar-refractivity contribution in [3.05, 3.63) is 27.6 Å². The molecule has 1 amide bonds. The molecule has 1 saturated heterocycles. The van der Waals surface area contributed by atoms with Gasteiger partial charge in [0.2, 0.25) is 5.91 Å². The highest BCUT2D eigenvalue weighted by molar-refractivity contribution is 6.30. The van der Waals surface area contributed by atoms with Crippen molar-refractivity contribution in [2.45, 2.75) is 18.2 Å². The number of hydrogen-bond acceptors (Lipinski definition) is 4. The minimum atomic E-state index is -0.698. The molecule has 9 heteroatoms. The predicted octanol–water partition coefficient (Wildman–Crippen LogP) is 0.836. The molecule has 0 radical (unpaired) electrons. The predicted molar refractivity (Wildman–Crippen MR) is 79.5 cm³/mol. The number of amides is 1. The van der Waals surface area contributed by atoms with Crippen LogP contribution in [0.4, 0.5) is 10.1 Å². The molecule has 1 fully saturated rings. The van der Waals surface area contributed by atoms with Gasteiger partial charge in [0.05, 0.1) is 12.2 Å². The van der Waals surface area contributed by atoms with E-state index in [1.807, 2.05) is 0 Å². The Balaban J connectivity index is 2.16. The molecule has 2 unspecified atom stereocenters. The van der Waals surface area contributed by atoms with E-state index in [0.717, 1.165) is 4.57 Å². The lowest BCUT2D eigenvalue weighted by Crippen LogP contribution is -2.40. The number of hydrogen-bond donors (Lipinski definition) is 2. The topological polar surface area (TPSA) is 66.4 Å². The van der Waals surface area contributed by atoms with Crippen LogP contribution < -0.4 is 16.2 Å². The molecule has 0 bridgehead atoms. The van der Waals surface area contributed by atoms with Gasteiger partial charge in [-0.15, -0.1) is 0 Å². The van der Waals surface area contributed by atoms with Gasteiger partial charge in [-0.2, -0.15) is 0 Å². The van der Waals surface area contributed by atoms with Gasteiger partial charge in [-0.1, -0.05) is 23.2 Å². The lowest BCUT2D eigenvalue weighted by molar-refractivity contribution is -0.119. The lowest BCUT2D eigenvalue weighted by atomic mass is 10.2.